The Balaban J connectivity index is 1.78. The first-order valence-electron chi connectivity index (χ1n) is 8.78. The highest BCUT2D eigenvalue weighted by Gasteiger charge is 2.38. The fourth-order valence-corrected chi connectivity index (χ4v) is 3.33. The third-order valence-corrected chi connectivity index (χ3v) is 5.00. The minimum atomic E-state index is -0.275. The van der Waals surface area contributed by atoms with Gasteiger partial charge in [-0.05, 0) is 36.5 Å². The number of amides is 2. The Labute approximate surface area is 142 Å². The molecule has 24 heavy (non-hydrogen) atoms. The molecule has 130 valence electrons. The molecule has 1 heterocycles. The number of halogens is 1. The molecular formula is C19H25FN2O2. The summed E-state index contributed by atoms with van der Waals surface area (Å²) in [4.78, 5) is 28.9. The number of carbonyl (C=O) groups is 2. The smallest absolute Gasteiger partial charge is 0.225 e. The molecule has 2 amide bonds. The summed E-state index contributed by atoms with van der Waals surface area (Å²) in [5.41, 5.74) is 0.914. The Morgan fingerprint density at radius 3 is 2.50 bits per heavy atom. The maximum atomic E-state index is 13.1. The van der Waals surface area contributed by atoms with Crippen LogP contribution in [-0.2, 0) is 16.1 Å². The first kappa shape index (κ1) is 16.9. The monoisotopic (exact) mass is 332 g/mol. The molecule has 1 aromatic carbocycles. The van der Waals surface area contributed by atoms with Crippen LogP contribution in [-0.4, -0.2) is 40.7 Å². The van der Waals surface area contributed by atoms with Gasteiger partial charge in [-0.25, -0.2) is 4.39 Å². The Morgan fingerprint density at radius 2 is 1.92 bits per heavy atom. The largest absolute Gasteiger partial charge is 0.340 e. The highest BCUT2D eigenvalue weighted by atomic mass is 19.1. The molecule has 0 N–H and O–H groups in total. The third-order valence-electron chi connectivity index (χ3n) is 5.00. The van der Waals surface area contributed by atoms with E-state index in [1.807, 2.05) is 9.80 Å². The van der Waals surface area contributed by atoms with Crippen LogP contribution in [0.5, 0.6) is 0 Å². The summed E-state index contributed by atoms with van der Waals surface area (Å²) >= 11 is 0. The second-order valence-electron chi connectivity index (χ2n) is 7.27. The quantitative estimate of drug-likeness (QED) is 0.851. The van der Waals surface area contributed by atoms with Gasteiger partial charge in [0.05, 0.1) is 6.04 Å². The van der Waals surface area contributed by atoms with Gasteiger partial charge in [0.25, 0.3) is 0 Å². The number of carbonyl (C=O) groups excluding carboxylic acids is 2. The minimum absolute atomic E-state index is 0.00671. The van der Waals surface area contributed by atoms with Crippen LogP contribution in [0, 0.1) is 17.7 Å². The van der Waals surface area contributed by atoms with Gasteiger partial charge in [0.1, 0.15) is 5.82 Å². The van der Waals surface area contributed by atoms with Crippen molar-refractivity contribution in [2.45, 2.75) is 45.7 Å². The first-order valence-corrected chi connectivity index (χ1v) is 8.78. The Kier molecular flexibility index (Phi) is 4.88. The van der Waals surface area contributed by atoms with E-state index >= 15 is 0 Å². The maximum absolute atomic E-state index is 13.1. The molecule has 5 heteroatoms. The van der Waals surface area contributed by atoms with Crippen LogP contribution in [0.2, 0.25) is 0 Å². The second kappa shape index (κ2) is 6.91. The fourth-order valence-electron chi connectivity index (χ4n) is 3.33. The van der Waals surface area contributed by atoms with Crippen LogP contribution in [0.1, 0.15) is 38.7 Å². The number of benzene rings is 1. The van der Waals surface area contributed by atoms with E-state index < -0.39 is 0 Å². The highest BCUT2D eigenvalue weighted by molar-refractivity contribution is 5.83. The molecule has 2 fully saturated rings. The van der Waals surface area contributed by atoms with Crippen molar-refractivity contribution in [2.75, 3.05) is 13.1 Å². The second-order valence-corrected chi connectivity index (χ2v) is 7.27. The van der Waals surface area contributed by atoms with Gasteiger partial charge in [0.15, 0.2) is 0 Å². The molecule has 0 radical (unpaired) electrons. The molecule has 1 unspecified atom stereocenters. The number of hydrogen-bond donors (Lipinski definition) is 0. The van der Waals surface area contributed by atoms with E-state index in [1.54, 1.807) is 12.1 Å². The molecule has 1 aliphatic carbocycles. The Hall–Kier alpha value is -1.91. The van der Waals surface area contributed by atoms with Crippen LogP contribution in [0.25, 0.3) is 0 Å². The van der Waals surface area contributed by atoms with Gasteiger partial charge in [-0.15, -0.1) is 0 Å². The van der Waals surface area contributed by atoms with E-state index in [-0.39, 0.29) is 35.5 Å². The maximum Gasteiger partial charge on any atom is 0.225 e. The van der Waals surface area contributed by atoms with Crippen molar-refractivity contribution in [1.82, 2.24) is 9.80 Å². The molecule has 1 saturated heterocycles. The van der Waals surface area contributed by atoms with Gasteiger partial charge in [0, 0.05) is 32.0 Å². The molecule has 1 saturated carbocycles. The summed E-state index contributed by atoms with van der Waals surface area (Å²) in [5, 5.41) is 0. The number of hydrogen-bond acceptors (Lipinski definition) is 2. The van der Waals surface area contributed by atoms with Crippen molar-refractivity contribution < 1.29 is 14.0 Å². The molecule has 3 rings (SSSR count). The van der Waals surface area contributed by atoms with Gasteiger partial charge >= 0.3 is 0 Å². The molecule has 0 aromatic heterocycles. The number of rotatable bonds is 4. The van der Waals surface area contributed by atoms with E-state index in [0.717, 1.165) is 18.4 Å². The zero-order valence-corrected chi connectivity index (χ0v) is 14.4. The lowest BCUT2D eigenvalue weighted by atomic mass is 10.0. The van der Waals surface area contributed by atoms with Gasteiger partial charge in [-0.1, -0.05) is 26.0 Å². The van der Waals surface area contributed by atoms with Crippen molar-refractivity contribution in [3.63, 3.8) is 0 Å². The summed E-state index contributed by atoms with van der Waals surface area (Å²) in [6, 6.07) is 6.28. The van der Waals surface area contributed by atoms with Crippen LogP contribution in [0.15, 0.2) is 24.3 Å². The summed E-state index contributed by atoms with van der Waals surface area (Å²) < 4.78 is 13.1. The molecule has 1 aromatic rings. The van der Waals surface area contributed by atoms with Crippen molar-refractivity contribution in [1.29, 1.82) is 0 Å². The van der Waals surface area contributed by atoms with Crippen LogP contribution in [0.4, 0.5) is 4.39 Å². The predicted molar refractivity (Wildman–Crippen MR) is 89.5 cm³/mol. The first-order chi connectivity index (χ1) is 11.5. The molecule has 1 atom stereocenters. The zero-order chi connectivity index (χ0) is 17.3. The predicted octanol–water partition coefficient (Wildman–Crippen LogP) is 2.82. The van der Waals surface area contributed by atoms with Crippen molar-refractivity contribution in [3.8, 4) is 0 Å². The zero-order valence-electron chi connectivity index (χ0n) is 14.4. The summed E-state index contributed by atoms with van der Waals surface area (Å²) in [6.45, 7) is 5.74. The van der Waals surface area contributed by atoms with Crippen LogP contribution >= 0.6 is 0 Å². The lowest BCUT2D eigenvalue weighted by Crippen LogP contribution is -2.47. The van der Waals surface area contributed by atoms with E-state index in [4.69, 9.17) is 0 Å². The van der Waals surface area contributed by atoms with E-state index in [2.05, 4.69) is 13.8 Å². The van der Waals surface area contributed by atoms with E-state index in [9.17, 15) is 14.0 Å². The standard InChI is InChI=1S/C19H25FN2O2/c1-13(2)17-12-21(19(24)15-5-6-15)10-9-18(23)22(17)11-14-3-7-16(20)8-4-14/h3-4,7-8,13,15,17H,5-6,9-12H2,1-2H3. The molecule has 4 nitrogen and oxygen atoms in total. The normalized spacial score (nSPS) is 22.0. The summed E-state index contributed by atoms with van der Waals surface area (Å²) in [7, 11) is 0. The molecule has 0 spiro atoms. The van der Waals surface area contributed by atoms with E-state index in [0.29, 0.717) is 26.1 Å². The Bertz CT molecular complexity index is 610. The SMILES string of the molecule is CC(C)C1CN(C(=O)C2CC2)CCC(=O)N1Cc1ccc(F)cc1. The third kappa shape index (κ3) is 3.77. The summed E-state index contributed by atoms with van der Waals surface area (Å²) in [6.07, 6.45) is 2.33. The van der Waals surface area contributed by atoms with Gasteiger partial charge in [0.2, 0.25) is 11.8 Å². The van der Waals surface area contributed by atoms with Crippen molar-refractivity contribution in [3.05, 3.63) is 35.6 Å². The van der Waals surface area contributed by atoms with Crippen LogP contribution in [0.3, 0.4) is 0 Å². The van der Waals surface area contributed by atoms with Gasteiger partial charge in [-0.2, -0.15) is 0 Å². The molecule has 2 aliphatic rings. The van der Waals surface area contributed by atoms with Gasteiger partial charge < -0.3 is 9.80 Å². The highest BCUT2D eigenvalue weighted by Crippen LogP contribution is 2.32. The van der Waals surface area contributed by atoms with E-state index in [1.165, 1.54) is 12.1 Å². The van der Waals surface area contributed by atoms with Gasteiger partial charge in [-0.3, -0.25) is 9.59 Å². The minimum Gasteiger partial charge on any atom is -0.340 e. The summed E-state index contributed by atoms with van der Waals surface area (Å²) in [5.74, 6) is 0.433. The number of nitrogens with zero attached hydrogens (tertiary/aromatic N) is 2. The van der Waals surface area contributed by atoms with Crippen molar-refractivity contribution in [2.24, 2.45) is 11.8 Å². The molecular weight excluding hydrogens is 307 g/mol. The lowest BCUT2D eigenvalue weighted by Gasteiger charge is -2.35. The topological polar surface area (TPSA) is 40.6 Å². The van der Waals surface area contributed by atoms with Crippen molar-refractivity contribution >= 4 is 11.8 Å². The average molecular weight is 332 g/mol. The average Bonchev–Trinajstić information content (AvgIpc) is 3.39. The Morgan fingerprint density at radius 1 is 1.25 bits per heavy atom. The fraction of sp³-hybridized carbons (Fsp3) is 0.579. The molecule has 0 bridgehead atoms. The molecule has 1 aliphatic heterocycles. The van der Waals surface area contributed by atoms with Crippen LogP contribution < -0.4 is 0 Å². The lowest BCUT2D eigenvalue weighted by molar-refractivity contribution is -0.134.